The van der Waals surface area contributed by atoms with Crippen molar-refractivity contribution in [2.24, 2.45) is 4.99 Å². The first-order chi connectivity index (χ1) is 18.6. The summed E-state index contributed by atoms with van der Waals surface area (Å²) in [6, 6.07) is 23.0. The number of thiophene rings is 1. The summed E-state index contributed by atoms with van der Waals surface area (Å²) in [4.78, 5) is 32.6. The number of carbonyl (C=O) groups is 2. The fourth-order valence-corrected chi connectivity index (χ4v) is 6.22. The third-order valence-corrected chi connectivity index (χ3v) is 7.95. The third kappa shape index (κ3) is 4.50. The average Bonchev–Trinajstić information content (AvgIpc) is 3.31. The highest BCUT2D eigenvalue weighted by Gasteiger charge is 2.27. The number of rotatable bonds is 5. The first kappa shape index (κ1) is 24.1. The van der Waals surface area contributed by atoms with E-state index < -0.39 is 0 Å². The van der Waals surface area contributed by atoms with Crippen LogP contribution in [0.15, 0.2) is 82.2 Å². The van der Waals surface area contributed by atoms with E-state index in [1.54, 1.807) is 6.92 Å². The molecule has 1 amide bonds. The van der Waals surface area contributed by atoms with Gasteiger partial charge in [0.25, 0.3) is 5.91 Å². The quantitative estimate of drug-likeness (QED) is 0.196. The number of hydrogen-bond donors (Lipinski definition) is 1. The number of nitrogens with one attached hydrogen (secondary N) is 1. The number of aryl methyl sites for hydroxylation is 1. The van der Waals surface area contributed by atoms with Crippen molar-refractivity contribution in [1.82, 2.24) is 0 Å². The maximum atomic E-state index is 13.6. The van der Waals surface area contributed by atoms with Gasteiger partial charge in [0.15, 0.2) is 0 Å². The second kappa shape index (κ2) is 10.3. The number of anilines is 1. The number of benzene rings is 3. The molecule has 0 fully saturated rings. The van der Waals surface area contributed by atoms with E-state index in [-0.39, 0.29) is 24.0 Å². The molecule has 0 radical (unpaired) electrons. The Kier molecular flexibility index (Phi) is 6.52. The van der Waals surface area contributed by atoms with Crippen molar-refractivity contribution in [3.8, 4) is 0 Å². The molecule has 1 aliphatic rings. The summed E-state index contributed by atoms with van der Waals surface area (Å²) >= 11 is 1.48. The second-order valence-corrected chi connectivity index (χ2v) is 10.3. The highest BCUT2D eigenvalue weighted by Crippen LogP contribution is 2.40. The molecule has 6 nitrogen and oxygen atoms in total. The van der Waals surface area contributed by atoms with Gasteiger partial charge >= 0.3 is 5.97 Å². The Labute approximate surface area is 223 Å². The van der Waals surface area contributed by atoms with Gasteiger partial charge in [0.2, 0.25) is 5.55 Å². The van der Waals surface area contributed by atoms with E-state index in [1.165, 1.54) is 11.3 Å². The molecule has 0 atom stereocenters. The molecule has 3 aromatic carbocycles. The normalized spacial score (nSPS) is 13.4. The van der Waals surface area contributed by atoms with Gasteiger partial charge in [-0.15, -0.1) is 11.3 Å². The van der Waals surface area contributed by atoms with Gasteiger partial charge in [-0.2, -0.15) is 0 Å². The molecule has 7 heteroatoms. The third-order valence-electron chi connectivity index (χ3n) is 6.77. The zero-order valence-electron chi connectivity index (χ0n) is 21.0. The Morgan fingerprint density at radius 1 is 0.974 bits per heavy atom. The van der Waals surface area contributed by atoms with E-state index in [1.807, 2.05) is 72.8 Å². The summed E-state index contributed by atoms with van der Waals surface area (Å²) in [7, 11) is 0. The molecule has 6 rings (SSSR count). The maximum Gasteiger partial charge on any atom is 0.341 e. The first-order valence-corrected chi connectivity index (χ1v) is 13.6. The monoisotopic (exact) mass is 522 g/mol. The number of hydrogen-bond acceptors (Lipinski definition) is 6. The van der Waals surface area contributed by atoms with Crippen LogP contribution in [0.25, 0.3) is 21.7 Å². The minimum atomic E-state index is -0.382. The SMILES string of the molecule is CCOC(=O)c1c(/N=c2\oc3ccc4ccccc4c3cc2C(=O)Nc2ccccc2)sc2c1CCCC2. The Morgan fingerprint density at radius 2 is 1.76 bits per heavy atom. The molecule has 38 heavy (non-hydrogen) atoms. The summed E-state index contributed by atoms with van der Waals surface area (Å²) in [5.41, 5.74) is 3.23. The maximum absolute atomic E-state index is 13.6. The van der Waals surface area contributed by atoms with Gasteiger partial charge in [-0.3, -0.25) is 4.79 Å². The van der Waals surface area contributed by atoms with Crippen LogP contribution < -0.4 is 10.9 Å². The van der Waals surface area contributed by atoms with Crippen LogP contribution >= 0.6 is 11.3 Å². The Morgan fingerprint density at radius 3 is 2.61 bits per heavy atom. The van der Waals surface area contributed by atoms with Gasteiger partial charge in [0.1, 0.15) is 16.1 Å². The molecule has 0 unspecified atom stereocenters. The number of esters is 1. The molecule has 2 heterocycles. The van der Waals surface area contributed by atoms with Gasteiger partial charge < -0.3 is 14.5 Å². The van der Waals surface area contributed by atoms with Crippen LogP contribution in [0.1, 0.15) is 50.9 Å². The summed E-state index contributed by atoms with van der Waals surface area (Å²) in [5, 5.41) is 6.32. The summed E-state index contributed by atoms with van der Waals surface area (Å²) in [6.45, 7) is 2.07. The molecule has 0 bridgehead atoms. The number of para-hydroxylation sites is 1. The standard InChI is InChI=1S/C31H26N2O4S/c1-2-36-31(35)27-22-14-8-9-15-26(22)38-30(27)33-29-24(28(34)32-20-11-4-3-5-12-20)18-23-21-13-7-6-10-19(21)16-17-25(23)37-29/h3-7,10-13,16-18H,2,8-9,14-15H2,1H3,(H,32,34)/b33-29-. The lowest BCUT2D eigenvalue weighted by Crippen LogP contribution is -2.21. The van der Waals surface area contributed by atoms with E-state index in [2.05, 4.69) is 5.32 Å². The molecular weight excluding hydrogens is 496 g/mol. The molecule has 2 aromatic heterocycles. The van der Waals surface area contributed by atoms with Gasteiger partial charge in [-0.05, 0) is 73.2 Å². The molecular formula is C31H26N2O4S. The molecule has 5 aromatic rings. The fraction of sp³-hybridized carbons (Fsp3) is 0.194. The van der Waals surface area contributed by atoms with Crippen LogP contribution in [0.3, 0.4) is 0 Å². The fourth-order valence-electron chi connectivity index (χ4n) is 4.98. The molecule has 1 aliphatic carbocycles. The smallest absolute Gasteiger partial charge is 0.341 e. The lowest BCUT2D eigenvalue weighted by molar-refractivity contribution is 0.0526. The van der Waals surface area contributed by atoms with Crippen LogP contribution in [-0.2, 0) is 17.6 Å². The lowest BCUT2D eigenvalue weighted by atomic mass is 9.95. The van der Waals surface area contributed by atoms with Gasteiger partial charge in [0.05, 0.1) is 12.2 Å². The van der Waals surface area contributed by atoms with E-state index in [9.17, 15) is 9.59 Å². The van der Waals surface area contributed by atoms with Crippen molar-refractivity contribution < 1.29 is 18.7 Å². The van der Waals surface area contributed by atoms with Crippen LogP contribution in [-0.4, -0.2) is 18.5 Å². The Bertz CT molecular complexity index is 1750. The molecule has 0 saturated carbocycles. The van der Waals surface area contributed by atoms with Gasteiger partial charge in [-0.25, -0.2) is 9.79 Å². The zero-order valence-corrected chi connectivity index (χ0v) is 21.8. The van der Waals surface area contributed by atoms with Crippen LogP contribution in [0.4, 0.5) is 10.7 Å². The molecule has 0 saturated heterocycles. The van der Waals surface area contributed by atoms with E-state index in [0.717, 1.165) is 52.3 Å². The van der Waals surface area contributed by atoms with Crippen molar-refractivity contribution >= 4 is 55.6 Å². The number of fused-ring (bicyclic) bond motifs is 4. The van der Waals surface area contributed by atoms with E-state index in [0.29, 0.717) is 27.4 Å². The Hall–Kier alpha value is -4.23. The summed E-state index contributed by atoms with van der Waals surface area (Å²) in [6.07, 6.45) is 3.82. The predicted molar refractivity (Wildman–Crippen MR) is 150 cm³/mol. The minimum Gasteiger partial charge on any atom is -0.462 e. The minimum absolute atomic E-state index is 0.158. The zero-order chi connectivity index (χ0) is 26.1. The molecule has 0 aliphatic heterocycles. The number of ether oxygens (including phenoxy) is 1. The van der Waals surface area contributed by atoms with Crippen molar-refractivity contribution in [3.05, 3.63) is 99.9 Å². The number of nitrogens with zero attached hydrogens (tertiary/aromatic N) is 1. The first-order valence-electron chi connectivity index (χ1n) is 12.8. The highest BCUT2D eigenvalue weighted by atomic mass is 32.1. The predicted octanol–water partition coefficient (Wildman–Crippen LogP) is 7.19. The number of carbonyl (C=O) groups excluding carboxylic acids is 2. The summed E-state index contributed by atoms with van der Waals surface area (Å²) < 4.78 is 11.7. The van der Waals surface area contributed by atoms with Crippen molar-refractivity contribution in [1.29, 1.82) is 0 Å². The largest absolute Gasteiger partial charge is 0.462 e. The summed E-state index contributed by atoms with van der Waals surface area (Å²) in [5.74, 6) is -0.722. The van der Waals surface area contributed by atoms with Crippen molar-refractivity contribution in [2.45, 2.75) is 32.6 Å². The average molecular weight is 523 g/mol. The lowest BCUT2D eigenvalue weighted by Gasteiger charge is -2.12. The highest BCUT2D eigenvalue weighted by molar-refractivity contribution is 7.16. The van der Waals surface area contributed by atoms with Gasteiger partial charge in [-0.1, -0.05) is 48.5 Å². The van der Waals surface area contributed by atoms with Gasteiger partial charge in [0, 0.05) is 16.0 Å². The molecule has 190 valence electrons. The van der Waals surface area contributed by atoms with Crippen molar-refractivity contribution in [2.75, 3.05) is 11.9 Å². The van der Waals surface area contributed by atoms with E-state index >= 15 is 0 Å². The van der Waals surface area contributed by atoms with Crippen LogP contribution in [0, 0.1) is 0 Å². The van der Waals surface area contributed by atoms with Crippen LogP contribution in [0.2, 0.25) is 0 Å². The van der Waals surface area contributed by atoms with Crippen LogP contribution in [0.5, 0.6) is 0 Å². The topological polar surface area (TPSA) is 80.9 Å². The Balaban J connectivity index is 1.58. The molecule has 0 spiro atoms. The molecule has 1 N–H and O–H groups in total. The second-order valence-electron chi connectivity index (χ2n) is 9.21. The number of amides is 1. The van der Waals surface area contributed by atoms with Crippen molar-refractivity contribution in [3.63, 3.8) is 0 Å². The van der Waals surface area contributed by atoms with E-state index in [4.69, 9.17) is 14.1 Å².